The highest BCUT2D eigenvalue weighted by Crippen LogP contribution is 2.28. The molecule has 0 spiro atoms. The fraction of sp³-hybridized carbons (Fsp3) is 0.0714. The third-order valence-electron chi connectivity index (χ3n) is 2.59. The highest BCUT2D eigenvalue weighted by molar-refractivity contribution is 5.74. The number of aromatic nitrogens is 4. The van der Waals surface area contributed by atoms with Crippen molar-refractivity contribution < 1.29 is 4.74 Å². The number of imidazole rings is 1. The number of hydrogen-bond acceptors (Lipinski definition) is 4. The van der Waals surface area contributed by atoms with Crippen molar-refractivity contribution in [2.24, 2.45) is 0 Å². The number of para-hydroxylation sites is 1. The summed E-state index contributed by atoms with van der Waals surface area (Å²) in [5.74, 6) is 3.78. The molecule has 5 heteroatoms. The lowest BCUT2D eigenvalue weighted by Crippen LogP contribution is -1.96. The monoisotopic (exact) mass is 250 g/mol. The molecule has 2 aromatic heterocycles. The van der Waals surface area contributed by atoms with Gasteiger partial charge in [0, 0.05) is 12.4 Å². The first-order valence-corrected chi connectivity index (χ1v) is 5.71. The van der Waals surface area contributed by atoms with Crippen LogP contribution in [0.5, 0.6) is 5.75 Å². The molecule has 92 valence electrons. The first-order valence-electron chi connectivity index (χ1n) is 5.71. The van der Waals surface area contributed by atoms with E-state index in [1.807, 2.05) is 24.3 Å². The van der Waals surface area contributed by atoms with Gasteiger partial charge in [-0.1, -0.05) is 18.1 Å². The fourth-order valence-corrected chi connectivity index (χ4v) is 1.78. The summed E-state index contributed by atoms with van der Waals surface area (Å²) >= 11 is 0. The Morgan fingerprint density at radius 2 is 2.05 bits per heavy atom. The number of rotatable bonds is 3. The maximum atomic E-state index is 5.50. The summed E-state index contributed by atoms with van der Waals surface area (Å²) in [6.45, 7) is 0.216. The van der Waals surface area contributed by atoms with Gasteiger partial charge in [0.05, 0.1) is 5.56 Å². The van der Waals surface area contributed by atoms with Crippen LogP contribution in [0.15, 0.2) is 36.7 Å². The Labute approximate surface area is 109 Å². The van der Waals surface area contributed by atoms with Crippen molar-refractivity contribution >= 4 is 11.3 Å². The lowest BCUT2D eigenvalue weighted by atomic mass is 10.2. The number of hydrogen-bond donors (Lipinski definition) is 1. The van der Waals surface area contributed by atoms with Crippen LogP contribution in [0.4, 0.5) is 0 Å². The molecule has 0 unspecified atom stereocenters. The lowest BCUT2D eigenvalue weighted by Gasteiger charge is -2.06. The highest BCUT2D eigenvalue weighted by atomic mass is 16.5. The average Bonchev–Trinajstić information content (AvgIpc) is 2.89. The van der Waals surface area contributed by atoms with E-state index in [0.717, 1.165) is 5.56 Å². The molecular formula is C14H10N4O. The van der Waals surface area contributed by atoms with E-state index in [4.69, 9.17) is 11.2 Å². The van der Waals surface area contributed by atoms with Gasteiger partial charge in [0.15, 0.2) is 11.3 Å². The van der Waals surface area contributed by atoms with Gasteiger partial charge in [-0.15, -0.1) is 6.42 Å². The van der Waals surface area contributed by atoms with Gasteiger partial charge >= 0.3 is 0 Å². The quantitative estimate of drug-likeness (QED) is 0.722. The Balaban J connectivity index is 2.08. The predicted molar refractivity (Wildman–Crippen MR) is 71.4 cm³/mol. The van der Waals surface area contributed by atoms with Crippen LogP contribution in [0.2, 0.25) is 0 Å². The van der Waals surface area contributed by atoms with Gasteiger partial charge in [-0.05, 0) is 12.1 Å². The number of aromatic amines is 1. The van der Waals surface area contributed by atoms with Crippen LogP contribution >= 0.6 is 0 Å². The Morgan fingerprint density at radius 3 is 2.89 bits per heavy atom. The second kappa shape index (κ2) is 4.78. The van der Waals surface area contributed by atoms with Crippen LogP contribution < -0.4 is 4.74 Å². The zero-order valence-corrected chi connectivity index (χ0v) is 10.00. The molecule has 0 saturated heterocycles. The molecule has 2 heterocycles. The first-order chi connectivity index (χ1) is 9.38. The number of H-pyrrole nitrogens is 1. The highest BCUT2D eigenvalue weighted by Gasteiger charge is 2.11. The number of terminal acetylenes is 1. The average molecular weight is 250 g/mol. The van der Waals surface area contributed by atoms with Crippen molar-refractivity contribution in [1.29, 1.82) is 0 Å². The zero-order chi connectivity index (χ0) is 13.1. The molecule has 0 bridgehead atoms. The predicted octanol–water partition coefficient (Wildman–Crippen LogP) is 2.03. The summed E-state index contributed by atoms with van der Waals surface area (Å²) in [6, 6.07) is 7.55. The SMILES string of the molecule is C#CCOc1ccccc1-c1nc2nccnc2[nH]1. The van der Waals surface area contributed by atoms with Gasteiger partial charge in [-0.2, -0.15) is 0 Å². The summed E-state index contributed by atoms with van der Waals surface area (Å²) in [6.07, 6.45) is 8.43. The van der Waals surface area contributed by atoms with E-state index in [-0.39, 0.29) is 6.61 Å². The molecule has 5 nitrogen and oxygen atoms in total. The molecule has 0 aliphatic rings. The Hall–Kier alpha value is -2.87. The maximum absolute atomic E-state index is 5.50. The topological polar surface area (TPSA) is 63.7 Å². The van der Waals surface area contributed by atoms with Crippen LogP contribution in [0.1, 0.15) is 0 Å². The molecule has 1 N–H and O–H groups in total. The third kappa shape index (κ3) is 2.11. The number of ether oxygens (including phenoxy) is 1. The Kier molecular flexibility index (Phi) is 2.83. The van der Waals surface area contributed by atoms with Crippen LogP contribution in [-0.2, 0) is 0 Å². The second-order valence-electron chi connectivity index (χ2n) is 3.80. The van der Waals surface area contributed by atoms with Crippen molar-refractivity contribution in [2.75, 3.05) is 6.61 Å². The largest absolute Gasteiger partial charge is 0.480 e. The van der Waals surface area contributed by atoms with Gasteiger partial charge < -0.3 is 9.72 Å². The second-order valence-corrected chi connectivity index (χ2v) is 3.80. The molecule has 0 atom stereocenters. The standard InChI is InChI=1S/C14H10N4O/c1-2-9-19-11-6-4-3-5-10(11)12-17-13-14(18-12)16-8-7-15-13/h1,3-8H,9H2,(H,15,16,17,18). The van der Waals surface area contributed by atoms with Gasteiger partial charge in [-0.3, -0.25) is 0 Å². The van der Waals surface area contributed by atoms with E-state index >= 15 is 0 Å². The Bertz CT molecular complexity index is 724. The number of nitrogens with one attached hydrogen (secondary N) is 1. The molecule has 3 rings (SSSR count). The fourth-order valence-electron chi connectivity index (χ4n) is 1.78. The van der Waals surface area contributed by atoms with E-state index in [2.05, 4.69) is 25.9 Å². The molecule has 1 aromatic carbocycles. The molecular weight excluding hydrogens is 240 g/mol. The number of nitrogens with zero attached hydrogens (tertiary/aromatic N) is 3. The van der Waals surface area contributed by atoms with E-state index in [9.17, 15) is 0 Å². The molecule has 0 aliphatic heterocycles. The molecule has 0 fully saturated rings. The van der Waals surface area contributed by atoms with E-state index in [0.29, 0.717) is 22.9 Å². The number of benzene rings is 1. The molecule has 0 amide bonds. The Morgan fingerprint density at radius 1 is 1.21 bits per heavy atom. The van der Waals surface area contributed by atoms with Crippen LogP contribution in [-0.4, -0.2) is 26.5 Å². The van der Waals surface area contributed by atoms with Crippen LogP contribution in [0, 0.1) is 12.3 Å². The number of fused-ring (bicyclic) bond motifs is 1. The minimum atomic E-state index is 0.216. The summed E-state index contributed by atoms with van der Waals surface area (Å²) in [5, 5.41) is 0. The molecule has 0 radical (unpaired) electrons. The summed E-state index contributed by atoms with van der Waals surface area (Å²) in [7, 11) is 0. The van der Waals surface area contributed by atoms with Crippen molar-refractivity contribution in [3.8, 4) is 29.5 Å². The first kappa shape index (κ1) is 11.2. The third-order valence-corrected chi connectivity index (χ3v) is 2.59. The van der Waals surface area contributed by atoms with Crippen molar-refractivity contribution in [1.82, 2.24) is 19.9 Å². The van der Waals surface area contributed by atoms with Crippen LogP contribution in [0.3, 0.4) is 0 Å². The molecule has 0 saturated carbocycles. The van der Waals surface area contributed by atoms with Gasteiger partial charge in [0.2, 0.25) is 0 Å². The summed E-state index contributed by atoms with van der Waals surface area (Å²) in [5.41, 5.74) is 2.05. The smallest absolute Gasteiger partial charge is 0.197 e. The van der Waals surface area contributed by atoms with Crippen molar-refractivity contribution in [2.45, 2.75) is 0 Å². The van der Waals surface area contributed by atoms with E-state index < -0.39 is 0 Å². The maximum Gasteiger partial charge on any atom is 0.197 e. The van der Waals surface area contributed by atoms with Gasteiger partial charge in [0.1, 0.15) is 18.2 Å². The lowest BCUT2D eigenvalue weighted by molar-refractivity contribution is 0.371. The minimum Gasteiger partial charge on any atom is -0.480 e. The molecule has 0 aliphatic carbocycles. The van der Waals surface area contributed by atoms with Crippen molar-refractivity contribution in [3.05, 3.63) is 36.7 Å². The molecule has 3 aromatic rings. The normalized spacial score (nSPS) is 10.3. The zero-order valence-electron chi connectivity index (χ0n) is 10.00. The summed E-state index contributed by atoms with van der Waals surface area (Å²) in [4.78, 5) is 15.8. The van der Waals surface area contributed by atoms with E-state index in [1.165, 1.54) is 0 Å². The van der Waals surface area contributed by atoms with Gasteiger partial charge in [-0.25, -0.2) is 15.0 Å². The van der Waals surface area contributed by atoms with Gasteiger partial charge in [0.25, 0.3) is 0 Å². The van der Waals surface area contributed by atoms with E-state index in [1.54, 1.807) is 12.4 Å². The van der Waals surface area contributed by atoms with Crippen molar-refractivity contribution in [3.63, 3.8) is 0 Å². The minimum absolute atomic E-state index is 0.216. The van der Waals surface area contributed by atoms with Crippen LogP contribution in [0.25, 0.3) is 22.7 Å². The molecule has 19 heavy (non-hydrogen) atoms. The summed E-state index contributed by atoms with van der Waals surface area (Å²) < 4.78 is 5.50.